The van der Waals surface area contributed by atoms with E-state index in [1.54, 1.807) is 48.5 Å². The molecular formula is C22H14Br2FIO3S. The van der Waals surface area contributed by atoms with Crippen LogP contribution in [0.5, 0.6) is 0 Å². The normalized spacial score (nSPS) is 12.4. The number of hydrogen-bond donors (Lipinski definition) is 0. The molecule has 0 heterocycles. The Hall–Kier alpha value is -1.36. The summed E-state index contributed by atoms with van der Waals surface area (Å²) in [5.74, 6) is -1.45. The van der Waals surface area contributed by atoms with Gasteiger partial charge >= 0.3 is 0 Å². The van der Waals surface area contributed by atoms with Gasteiger partial charge in [0.2, 0.25) is 5.78 Å². The van der Waals surface area contributed by atoms with Gasteiger partial charge in [-0.15, -0.1) is 0 Å². The maximum absolute atomic E-state index is 13.4. The van der Waals surface area contributed by atoms with Gasteiger partial charge in [-0.25, -0.2) is 12.8 Å². The van der Waals surface area contributed by atoms with Crippen LogP contribution in [0.1, 0.15) is 21.5 Å². The average molecular weight is 664 g/mol. The van der Waals surface area contributed by atoms with Crippen LogP contribution in [-0.4, -0.2) is 14.2 Å². The lowest BCUT2D eigenvalue weighted by Crippen LogP contribution is -2.17. The van der Waals surface area contributed by atoms with Gasteiger partial charge in [0.1, 0.15) is 10.7 Å². The number of halogens is 4. The topological polar surface area (TPSA) is 51.2 Å². The first-order valence-corrected chi connectivity index (χ1v) is 12.9. The summed E-state index contributed by atoms with van der Waals surface area (Å²) in [7, 11) is -4.03. The van der Waals surface area contributed by atoms with Crippen molar-refractivity contribution < 1.29 is 17.6 Å². The fourth-order valence-electron chi connectivity index (χ4n) is 2.71. The first-order chi connectivity index (χ1) is 14.2. The number of benzene rings is 3. The van der Waals surface area contributed by atoms with Gasteiger partial charge in [0.15, 0.2) is 9.84 Å². The lowest BCUT2D eigenvalue weighted by Gasteiger charge is -2.13. The Bertz CT molecular complexity index is 1200. The standard InChI is InChI=1S/C22H14Br2FIO3S/c23-17-7-3-15(4-8-17)20(26)22(21(27)16-5-9-18(24)10-6-16)30(28,29)13-14-1-11-19(25)12-2-14/h1-12H,13H2. The maximum Gasteiger partial charge on any atom is 0.205 e. The molecule has 0 atom stereocenters. The molecule has 0 unspecified atom stereocenters. The summed E-state index contributed by atoms with van der Waals surface area (Å²) in [6.07, 6.45) is 0. The third kappa shape index (κ3) is 5.66. The molecule has 0 radical (unpaired) electrons. The van der Waals surface area contributed by atoms with E-state index >= 15 is 0 Å². The SMILES string of the molecule is O=C(C(=C(I)c1ccc(Br)cc1)S(=O)(=O)Cc1ccc(F)cc1)c1ccc(Br)cc1. The van der Waals surface area contributed by atoms with Gasteiger partial charge in [-0.1, -0.05) is 56.1 Å². The molecule has 8 heteroatoms. The second kappa shape index (κ2) is 9.84. The van der Waals surface area contributed by atoms with E-state index in [9.17, 15) is 17.6 Å². The van der Waals surface area contributed by atoms with Crippen LogP contribution in [0.15, 0.2) is 86.6 Å². The third-order valence-electron chi connectivity index (χ3n) is 4.19. The lowest BCUT2D eigenvalue weighted by atomic mass is 10.1. The van der Waals surface area contributed by atoms with E-state index < -0.39 is 27.2 Å². The molecule has 154 valence electrons. The molecule has 0 aromatic heterocycles. The van der Waals surface area contributed by atoms with Gasteiger partial charge in [-0.2, -0.15) is 0 Å². The lowest BCUT2D eigenvalue weighted by molar-refractivity contribution is 0.104. The Labute approximate surface area is 204 Å². The third-order valence-corrected chi connectivity index (χ3v) is 8.50. The number of rotatable bonds is 6. The minimum Gasteiger partial charge on any atom is -0.288 e. The summed E-state index contributed by atoms with van der Waals surface area (Å²) in [5, 5.41) is 0. The summed E-state index contributed by atoms with van der Waals surface area (Å²) >= 11 is 8.57. The van der Waals surface area contributed by atoms with Crippen LogP contribution < -0.4 is 0 Å². The number of hydrogen-bond acceptors (Lipinski definition) is 3. The number of carbonyl (C=O) groups is 1. The number of ketones is 1. The Morgan fingerprint density at radius 1 is 0.800 bits per heavy atom. The van der Waals surface area contributed by atoms with Crippen molar-refractivity contribution in [3.63, 3.8) is 0 Å². The highest BCUT2D eigenvalue weighted by Crippen LogP contribution is 2.33. The number of allylic oxidation sites excluding steroid dienone is 1. The molecule has 0 saturated carbocycles. The van der Waals surface area contributed by atoms with Crippen molar-refractivity contribution in [3.05, 3.63) is 109 Å². The molecular weight excluding hydrogens is 650 g/mol. The van der Waals surface area contributed by atoms with Crippen LogP contribution in [-0.2, 0) is 15.6 Å². The van der Waals surface area contributed by atoms with E-state index in [2.05, 4.69) is 31.9 Å². The summed E-state index contributed by atoms with van der Waals surface area (Å²) in [6.45, 7) is 0. The number of Topliss-reactive ketones (excluding diaryl/α,β-unsaturated/α-hetero) is 1. The highest BCUT2D eigenvalue weighted by atomic mass is 127. The Morgan fingerprint density at radius 2 is 1.27 bits per heavy atom. The summed E-state index contributed by atoms with van der Waals surface area (Å²) in [6, 6.07) is 18.8. The molecule has 30 heavy (non-hydrogen) atoms. The fourth-order valence-corrected chi connectivity index (χ4v) is 6.42. The van der Waals surface area contributed by atoms with E-state index in [0.717, 1.165) is 8.95 Å². The molecule has 0 bridgehead atoms. The highest BCUT2D eigenvalue weighted by Gasteiger charge is 2.30. The van der Waals surface area contributed by atoms with Gasteiger partial charge in [0.25, 0.3) is 0 Å². The number of sulfone groups is 1. The van der Waals surface area contributed by atoms with E-state index in [1.807, 2.05) is 22.6 Å². The minimum atomic E-state index is -4.03. The van der Waals surface area contributed by atoms with Gasteiger partial charge in [-0.05, 0) is 82.2 Å². The number of carbonyl (C=O) groups excluding carboxylic acids is 1. The average Bonchev–Trinajstić information content (AvgIpc) is 2.70. The quantitative estimate of drug-likeness (QED) is 0.163. The maximum atomic E-state index is 13.4. The molecule has 0 amide bonds. The Balaban J connectivity index is 2.14. The smallest absolute Gasteiger partial charge is 0.205 e. The molecule has 0 saturated heterocycles. The minimum absolute atomic E-state index is 0.266. The fraction of sp³-hybridized carbons (Fsp3) is 0.0455. The molecule has 0 aliphatic rings. The Kier molecular flexibility index (Phi) is 7.65. The van der Waals surface area contributed by atoms with Crippen molar-refractivity contribution in [1.29, 1.82) is 0 Å². The predicted molar refractivity (Wildman–Crippen MR) is 133 cm³/mol. The van der Waals surface area contributed by atoms with Crippen LogP contribution in [0.4, 0.5) is 4.39 Å². The molecule has 3 aromatic rings. The van der Waals surface area contributed by atoms with E-state index in [0.29, 0.717) is 14.7 Å². The van der Waals surface area contributed by atoms with E-state index in [-0.39, 0.29) is 10.5 Å². The van der Waals surface area contributed by atoms with Crippen LogP contribution in [0.2, 0.25) is 0 Å². The van der Waals surface area contributed by atoms with Gasteiger partial charge in [0, 0.05) is 18.1 Å². The second-order valence-corrected chi connectivity index (χ2v) is 11.2. The van der Waals surface area contributed by atoms with Crippen molar-refractivity contribution in [2.24, 2.45) is 0 Å². The zero-order valence-electron chi connectivity index (χ0n) is 15.3. The molecule has 3 rings (SSSR count). The molecule has 3 aromatic carbocycles. The van der Waals surface area contributed by atoms with Crippen molar-refractivity contribution >= 4 is 73.7 Å². The Morgan fingerprint density at radius 3 is 1.77 bits per heavy atom. The summed E-state index contributed by atoms with van der Waals surface area (Å²) < 4.78 is 41.9. The van der Waals surface area contributed by atoms with Gasteiger partial charge in [0.05, 0.1) is 5.75 Å². The van der Waals surface area contributed by atoms with Crippen molar-refractivity contribution in [2.45, 2.75) is 5.75 Å². The molecule has 3 nitrogen and oxygen atoms in total. The molecule has 0 N–H and O–H groups in total. The van der Waals surface area contributed by atoms with Gasteiger partial charge in [-0.3, -0.25) is 4.79 Å². The van der Waals surface area contributed by atoms with Crippen molar-refractivity contribution in [3.8, 4) is 0 Å². The second-order valence-electron chi connectivity index (χ2n) is 6.37. The zero-order valence-corrected chi connectivity index (χ0v) is 21.4. The first kappa shape index (κ1) is 23.3. The first-order valence-electron chi connectivity index (χ1n) is 8.60. The summed E-state index contributed by atoms with van der Waals surface area (Å²) in [4.78, 5) is 13.0. The monoisotopic (exact) mass is 662 g/mol. The van der Waals surface area contributed by atoms with Crippen LogP contribution in [0, 0.1) is 5.82 Å². The van der Waals surface area contributed by atoms with Crippen LogP contribution >= 0.6 is 54.5 Å². The van der Waals surface area contributed by atoms with Gasteiger partial charge < -0.3 is 0 Å². The molecule has 0 aliphatic heterocycles. The van der Waals surface area contributed by atoms with E-state index in [1.165, 1.54) is 24.3 Å². The highest BCUT2D eigenvalue weighted by molar-refractivity contribution is 14.1. The van der Waals surface area contributed by atoms with Crippen LogP contribution in [0.3, 0.4) is 0 Å². The van der Waals surface area contributed by atoms with Crippen LogP contribution in [0.25, 0.3) is 3.58 Å². The summed E-state index contributed by atoms with van der Waals surface area (Å²) in [5.41, 5.74) is 1.28. The van der Waals surface area contributed by atoms with E-state index in [4.69, 9.17) is 0 Å². The van der Waals surface area contributed by atoms with Crippen molar-refractivity contribution in [1.82, 2.24) is 0 Å². The molecule has 0 aliphatic carbocycles. The van der Waals surface area contributed by atoms with Crippen molar-refractivity contribution in [2.75, 3.05) is 0 Å². The zero-order chi connectivity index (χ0) is 21.9. The largest absolute Gasteiger partial charge is 0.288 e. The molecule has 0 spiro atoms. The predicted octanol–water partition coefficient (Wildman–Crippen LogP) is 6.95. The molecule has 0 fully saturated rings.